The monoisotopic (exact) mass is 319 g/mol. The van der Waals surface area contributed by atoms with Gasteiger partial charge in [-0.2, -0.15) is 13.2 Å². The molecule has 1 aromatic heterocycles. The summed E-state index contributed by atoms with van der Waals surface area (Å²) in [6.45, 7) is 3.27. The van der Waals surface area contributed by atoms with Gasteiger partial charge in [0.25, 0.3) is 0 Å². The van der Waals surface area contributed by atoms with Crippen molar-refractivity contribution in [2.75, 3.05) is 6.54 Å². The van der Waals surface area contributed by atoms with Crippen LogP contribution in [0.1, 0.15) is 23.9 Å². The fraction of sp³-hybridized carbons (Fsp3) is 0.385. The average molecular weight is 319 g/mol. The van der Waals surface area contributed by atoms with Gasteiger partial charge in [0.05, 0.1) is 5.56 Å². The van der Waals surface area contributed by atoms with E-state index in [1.807, 2.05) is 6.92 Å². The highest BCUT2D eigenvalue weighted by molar-refractivity contribution is 7.14. The van der Waals surface area contributed by atoms with Gasteiger partial charge >= 0.3 is 6.18 Å². The van der Waals surface area contributed by atoms with E-state index >= 15 is 0 Å². The lowest BCUT2D eigenvalue weighted by Gasteiger charge is -2.09. The third-order valence-corrected chi connectivity index (χ3v) is 3.66. The van der Waals surface area contributed by atoms with Gasteiger partial charge in [-0.1, -0.05) is 24.3 Å². The minimum absolute atomic E-state index is 0.145. The van der Waals surface area contributed by atoms with E-state index in [4.69, 9.17) is 0 Å². The van der Waals surface area contributed by atoms with Crippen molar-refractivity contribution in [3.05, 3.63) is 34.6 Å². The molecule has 0 fully saturated rings. The predicted octanol–water partition coefficient (Wildman–Crippen LogP) is 3.86. The number of halogens is 4. The second-order valence-electron chi connectivity index (χ2n) is 4.34. The Morgan fingerprint density at radius 2 is 2.00 bits per heavy atom. The van der Waals surface area contributed by atoms with Gasteiger partial charge in [0, 0.05) is 12.1 Å². The Bertz CT molecular complexity index is 610. The third kappa shape index (κ3) is 3.76. The number of benzene rings is 1. The summed E-state index contributed by atoms with van der Waals surface area (Å²) in [6, 6.07) is 3.15. The maximum Gasteiger partial charge on any atom is 0.419 e. The quantitative estimate of drug-likeness (QED) is 0.672. The smallest absolute Gasteiger partial charge is 0.310 e. The van der Waals surface area contributed by atoms with Crippen molar-refractivity contribution in [2.45, 2.75) is 26.1 Å². The van der Waals surface area contributed by atoms with Crippen LogP contribution in [0, 0.1) is 5.82 Å². The van der Waals surface area contributed by atoms with Crippen molar-refractivity contribution in [1.82, 2.24) is 15.5 Å². The van der Waals surface area contributed by atoms with Crippen LogP contribution in [0.3, 0.4) is 0 Å². The molecule has 0 aliphatic heterocycles. The largest absolute Gasteiger partial charge is 0.419 e. The highest BCUT2D eigenvalue weighted by atomic mass is 32.1. The van der Waals surface area contributed by atoms with Gasteiger partial charge in [-0.25, -0.2) is 4.39 Å². The molecule has 1 N–H and O–H groups in total. The zero-order valence-electron chi connectivity index (χ0n) is 11.2. The van der Waals surface area contributed by atoms with Crippen LogP contribution in [-0.2, 0) is 12.7 Å². The van der Waals surface area contributed by atoms with Crippen molar-refractivity contribution in [3.63, 3.8) is 0 Å². The fourth-order valence-electron chi connectivity index (χ4n) is 1.72. The van der Waals surface area contributed by atoms with Crippen molar-refractivity contribution in [2.24, 2.45) is 0 Å². The van der Waals surface area contributed by atoms with Gasteiger partial charge in [0.1, 0.15) is 10.8 Å². The highest BCUT2D eigenvalue weighted by Gasteiger charge is 2.35. The van der Waals surface area contributed by atoms with Crippen LogP contribution in [0.15, 0.2) is 18.2 Å². The van der Waals surface area contributed by atoms with Crippen LogP contribution >= 0.6 is 11.3 Å². The Morgan fingerprint density at radius 3 is 2.67 bits per heavy atom. The molecule has 0 spiro atoms. The molecule has 0 aliphatic rings. The van der Waals surface area contributed by atoms with Gasteiger partial charge < -0.3 is 5.32 Å². The third-order valence-electron chi connectivity index (χ3n) is 2.70. The molecule has 8 heteroatoms. The minimum atomic E-state index is -4.73. The van der Waals surface area contributed by atoms with E-state index in [1.54, 1.807) is 0 Å². The molecule has 1 aromatic carbocycles. The Hall–Kier alpha value is -1.54. The zero-order chi connectivity index (χ0) is 15.5. The lowest BCUT2D eigenvalue weighted by atomic mass is 10.1. The Kier molecular flexibility index (Phi) is 4.89. The van der Waals surface area contributed by atoms with Crippen LogP contribution in [0.4, 0.5) is 17.6 Å². The van der Waals surface area contributed by atoms with Gasteiger partial charge in [-0.3, -0.25) is 0 Å². The van der Waals surface area contributed by atoms with Crippen LogP contribution in [0.25, 0.3) is 10.6 Å². The maximum atomic E-state index is 14.0. The fourth-order valence-corrected chi connectivity index (χ4v) is 2.55. The summed E-state index contributed by atoms with van der Waals surface area (Å²) in [5.74, 6) is -1.31. The molecule has 114 valence electrons. The second kappa shape index (κ2) is 6.48. The SMILES string of the molecule is CCCNCc1nnc(-c2cccc(C(F)(F)F)c2F)s1. The van der Waals surface area contributed by atoms with Gasteiger partial charge in [0.15, 0.2) is 5.01 Å². The van der Waals surface area contributed by atoms with E-state index in [1.165, 1.54) is 6.07 Å². The summed E-state index contributed by atoms with van der Waals surface area (Å²) in [5, 5.41) is 11.5. The molecule has 0 unspecified atom stereocenters. The lowest BCUT2D eigenvalue weighted by Crippen LogP contribution is -2.13. The molecule has 0 saturated carbocycles. The first-order valence-electron chi connectivity index (χ1n) is 6.32. The van der Waals surface area contributed by atoms with E-state index < -0.39 is 17.6 Å². The zero-order valence-corrected chi connectivity index (χ0v) is 12.0. The molecular weight excluding hydrogens is 306 g/mol. The molecule has 2 aromatic rings. The number of aromatic nitrogens is 2. The number of rotatable bonds is 5. The summed E-state index contributed by atoms with van der Waals surface area (Å²) in [6.07, 6.45) is -3.77. The maximum absolute atomic E-state index is 14.0. The summed E-state index contributed by atoms with van der Waals surface area (Å²) in [5.41, 5.74) is -1.47. The number of hydrogen-bond acceptors (Lipinski definition) is 4. The lowest BCUT2D eigenvalue weighted by molar-refractivity contribution is -0.139. The number of alkyl halides is 3. The molecule has 21 heavy (non-hydrogen) atoms. The molecule has 0 amide bonds. The van der Waals surface area contributed by atoms with E-state index in [0.29, 0.717) is 17.6 Å². The van der Waals surface area contributed by atoms with Gasteiger partial charge in [-0.05, 0) is 25.1 Å². The molecule has 0 atom stereocenters. The van der Waals surface area contributed by atoms with Crippen molar-refractivity contribution in [3.8, 4) is 10.6 Å². The Balaban J connectivity index is 2.26. The topological polar surface area (TPSA) is 37.8 Å². The van der Waals surface area contributed by atoms with Gasteiger partial charge in [0.2, 0.25) is 0 Å². The highest BCUT2D eigenvalue weighted by Crippen LogP contribution is 2.36. The van der Waals surface area contributed by atoms with Crippen LogP contribution in [-0.4, -0.2) is 16.7 Å². The second-order valence-corrected chi connectivity index (χ2v) is 5.40. The van der Waals surface area contributed by atoms with Crippen molar-refractivity contribution in [1.29, 1.82) is 0 Å². The minimum Gasteiger partial charge on any atom is -0.310 e. The number of nitrogens with one attached hydrogen (secondary N) is 1. The summed E-state index contributed by atoms with van der Waals surface area (Å²) in [4.78, 5) is 0. The van der Waals surface area contributed by atoms with E-state index in [2.05, 4.69) is 15.5 Å². The first kappa shape index (κ1) is 15.8. The molecular formula is C13H13F4N3S. The number of hydrogen-bond donors (Lipinski definition) is 1. The Labute approximate surface area is 123 Å². The van der Waals surface area contributed by atoms with E-state index in [0.717, 1.165) is 30.4 Å². The van der Waals surface area contributed by atoms with Gasteiger partial charge in [-0.15, -0.1) is 10.2 Å². The van der Waals surface area contributed by atoms with Crippen LogP contribution < -0.4 is 5.32 Å². The normalized spacial score (nSPS) is 11.9. The summed E-state index contributed by atoms with van der Waals surface area (Å²) >= 11 is 1.08. The molecule has 1 heterocycles. The summed E-state index contributed by atoms with van der Waals surface area (Å²) < 4.78 is 52.0. The first-order chi connectivity index (χ1) is 9.93. The van der Waals surface area contributed by atoms with Crippen molar-refractivity contribution < 1.29 is 17.6 Å². The average Bonchev–Trinajstić information content (AvgIpc) is 2.86. The van der Waals surface area contributed by atoms with Crippen molar-refractivity contribution >= 4 is 11.3 Å². The van der Waals surface area contributed by atoms with Crippen LogP contribution in [0.2, 0.25) is 0 Å². The van der Waals surface area contributed by atoms with E-state index in [-0.39, 0.29) is 10.6 Å². The predicted molar refractivity (Wildman–Crippen MR) is 72.3 cm³/mol. The molecule has 0 saturated heterocycles. The molecule has 0 radical (unpaired) electrons. The molecule has 2 rings (SSSR count). The Morgan fingerprint density at radius 1 is 1.24 bits per heavy atom. The molecule has 0 bridgehead atoms. The number of nitrogens with zero attached hydrogens (tertiary/aromatic N) is 2. The van der Waals surface area contributed by atoms with E-state index in [9.17, 15) is 17.6 Å². The molecule has 3 nitrogen and oxygen atoms in total. The van der Waals surface area contributed by atoms with Crippen LogP contribution in [0.5, 0.6) is 0 Å². The summed E-state index contributed by atoms with van der Waals surface area (Å²) in [7, 11) is 0. The standard InChI is InChI=1S/C13H13F4N3S/c1-2-6-18-7-10-19-20-12(21-10)8-4-3-5-9(11(8)14)13(15,16)17/h3-5,18H,2,6-7H2,1H3. The first-order valence-corrected chi connectivity index (χ1v) is 7.14. The molecule has 0 aliphatic carbocycles.